The number of aliphatic imine (C=N–C) groups is 1. The topological polar surface area (TPSA) is 54.9 Å². The van der Waals surface area contributed by atoms with Gasteiger partial charge in [0, 0.05) is 33.4 Å². The molecule has 22 heavy (non-hydrogen) atoms. The monoisotopic (exact) mass is 313 g/mol. The second-order valence-electron chi connectivity index (χ2n) is 7.15. The fourth-order valence-electron chi connectivity index (χ4n) is 2.42. The van der Waals surface area contributed by atoms with E-state index in [9.17, 15) is 0 Å². The predicted octanol–water partition coefficient (Wildman–Crippen LogP) is 2.56. The van der Waals surface area contributed by atoms with Crippen molar-refractivity contribution >= 4 is 5.96 Å². The van der Waals surface area contributed by atoms with Crippen LogP contribution in [-0.2, 0) is 9.47 Å². The normalized spacial score (nSPS) is 19.5. The Morgan fingerprint density at radius 3 is 2.55 bits per heavy atom. The van der Waals surface area contributed by atoms with Crippen molar-refractivity contribution in [2.45, 2.75) is 59.0 Å². The van der Waals surface area contributed by atoms with E-state index in [4.69, 9.17) is 9.47 Å². The maximum atomic E-state index is 5.64. The Balaban J connectivity index is 1.94. The van der Waals surface area contributed by atoms with Crippen LogP contribution in [0.15, 0.2) is 4.99 Å². The lowest BCUT2D eigenvalue weighted by atomic mass is 9.91. The van der Waals surface area contributed by atoms with Gasteiger partial charge in [0.1, 0.15) is 0 Å². The molecular formula is C17H35N3O2. The highest BCUT2D eigenvalue weighted by molar-refractivity contribution is 5.79. The molecule has 0 saturated carbocycles. The number of hydrogen-bond donors (Lipinski definition) is 2. The first kappa shape index (κ1) is 19.2. The highest BCUT2D eigenvalue weighted by atomic mass is 16.5. The van der Waals surface area contributed by atoms with Gasteiger partial charge in [-0.15, -0.1) is 0 Å². The molecule has 0 aromatic carbocycles. The molecule has 1 saturated heterocycles. The molecule has 0 aromatic rings. The molecule has 0 amide bonds. The molecule has 1 rings (SSSR count). The number of hydrogen-bond acceptors (Lipinski definition) is 3. The smallest absolute Gasteiger partial charge is 0.190 e. The molecule has 1 unspecified atom stereocenters. The molecule has 1 aliphatic heterocycles. The van der Waals surface area contributed by atoms with Crippen molar-refractivity contribution in [3.8, 4) is 0 Å². The van der Waals surface area contributed by atoms with Crippen LogP contribution >= 0.6 is 0 Å². The molecule has 1 aliphatic rings. The number of rotatable bonds is 9. The van der Waals surface area contributed by atoms with Gasteiger partial charge in [-0.05, 0) is 37.5 Å². The van der Waals surface area contributed by atoms with E-state index >= 15 is 0 Å². The van der Waals surface area contributed by atoms with Gasteiger partial charge in [-0.2, -0.15) is 0 Å². The highest BCUT2D eigenvalue weighted by Gasteiger charge is 2.14. The summed E-state index contributed by atoms with van der Waals surface area (Å²) < 4.78 is 11.2. The Hall–Kier alpha value is -0.810. The van der Waals surface area contributed by atoms with E-state index in [0.717, 1.165) is 58.1 Å². The molecule has 0 radical (unpaired) electrons. The van der Waals surface area contributed by atoms with E-state index in [1.165, 1.54) is 12.8 Å². The van der Waals surface area contributed by atoms with E-state index in [2.05, 4.69) is 36.4 Å². The zero-order valence-electron chi connectivity index (χ0n) is 14.9. The second kappa shape index (κ2) is 10.8. The van der Waals surface area contributed by atoms with Gasteiger partial charge in [-0.3, -0.25) is 4.99 Å². The van der Waals surface area contributed by atoms with Crippen molar-refractivity contribution in [2.24, 2.45) is 10.4 Å². The Morgan fingerprint density at radius 2 is 1.95 bits per heavy atom. The summed E-state index contributed by atoms with van der Waals surface area (Å²) in [5, 5.41) is 6.68. The van der Waals surface area contributed by atoms with Crippen LogP contribution in [0.3, 0.4) is 0 Å². The third kappa shape index (κ3) is 10.0. The summed E-state index contributed by atoms with van der Waals surface area (Å²) in [6.45, 7) is 11.1. The van der Waals surface area contributed by atoms with Crippen molar-refractivity contribution < 1.29 is 9.47 Å². The fraction of sp³-hybridized carbons (Fsp3) is 0.941. The van der Waals surface area contributed by atoms with Gasteiger partial charge in [0.05, 0.1) is 12.7 Å². The van der Waals surface area contributed by atoms with Crippen LogP contribution in [0.2, 0.25) is 0 Å². The SMILES string of the molecule is CN=C(NCCCOCC1CCCO1)NCCCC(C)(C)C. The molecule has 1 heterocycles. The van der Waals surface area contributed by atoms with Crippen molar-refractivity contribution in [3.63, 3.8) is 0 Å². The zero-order valence-corrected chi connectivity index (χ0v) is 14.9. The van der Waals surface area contributed by atoms with Gasteiger partial charge in [-0.1, -0.05) is 20.8 Å². The number of nitrogens with one attached hydrogen (secondary N) is 2. The number of guanidine groups is 1. The van der Waals surface area contributed by atoms with Crippen molar-refractivity contribution in [1.29, 1.82) is 0 Å². The summed E-state index contributed by atoms with van der Waals surface area (Å²) in [5.41, 5.74) is 0.402. The molecule has 0 aliphatic carbocycles. The number of nitrogens with zero attached hydrogens (tertiary/aromatic N) is 1. The van der Waals surface area contributed by atoms with E-state index in [1.54, 1.807) is 0 Å². The molecule has 5 nitrogen and oxygen atoms in total. The molecule has 1 atom stereocenters. The minimum Gasteiger partial charge on any atom is -0.379 e. The van der Waals surface area contributed by atoms with Gasteiger partial charge < -0.3 is 20.1 Å². The lowest BCUT2D eigenvalue weighted by Crippen LogP contribution is -2.38. The Morgan fingerprint density at radius 1 is 1.23 bits per heavy atom. The van der Waals surface area contributed by atoms with Crippen molar-refractivity contribution in [2.75, 3.05) is 40.0 Å². The number of ether oxygens (including phenoxy) is 2. The van der Waals surface area contributed by atoms with E-state index in [1.807, 2.05) is 7.05 Å². The molecular weight excluding hydrogens is 278 g/mol. The summed E-state index contributed by atoms with van der Waals surface area (Å²) in [6, 6.07) is 0. The lowest BCUT2D eigenvalue weighted by molar-refractivity contribution is 0.0168. The van der Waals surface area contributed by atoms with E-state index in [0.29, 0.717) is 11.5 Å². The largest absolute Gasteiger partial charge is 0.379 e. The Labute approximate surface area is 136 Å². The average molecular weight is 313 g/mol. The van der Waals surface area contributed by atoms with Crippen LogP contribution in [0.5, 0.6) is 0 Å². The molecule has 1 fully saturated rings. The maximum Gasteiger partial charge on any atom is 0.190 e. The van der Waals surface area contributed by atoms with E-state index < -0.39 is 0 Å². The van der Waals surface area contributed by atoms with Crippen molar-refractivity contribution in [1.82, 2.24) is 10.6 Å². The highest BCUT2D eigenvalue weighted by Crippen LogP contribution is 2.19. The minimum atomic E-state index is 0.324. The quantitative estimate of drug-likeness (QED) is 0.390. The Bertz CT molecular complexity index is 308. The summed E-state index contributed by atoms with van der Waals surface area (Å²) in [4.78, 5) is 4.24. The summed E-state index contributed by atoms with van der Waals surface area (Å²) >= 11 is 0. The van der Waals surface area contributed by atoms with Crippen LogP contribution in [0.25, 0.3) is 0 Å². The summed E-state index contributed by atoms with van der Waals surface area (Å²) in [7, 11) is 1.81. The van der Waals surface area contributed by atoms with Crippen LogP contribution in [0.1, 0.15) is 52.9 Å². The van der Waals surface area contributed by atoms with Gasteiger partial charge >= 0.3 is 0 Å². The maximum absolute atomic E-state index is 5.64. The fourth-order valence-corrected chi connectivity index (χ4v) is 2.42. The molecule has 0 aromatic heterocycles. The standard InChI is InChI=1S/C17H35N3O2/c1-17(2,3)9-6-10-19-16(18-4)20-11-7-12-21-14-15-8-5-13-22-15/h15H,5-14H2,1-4H3,(H2,18,19,20). The first-order valence-corrected chi connectivity index (χ1v) is 8.65. The van der Waals surface area contributed by atoms with Gasteiger partial charge in [0.25, 0.3) is 0 Å². The molecule has 0 spiro atoms. The van der Waals surface area contributed by atoms with Gasteiger partial charge in [-0.25, -0.2) is 0 Å². The molecule has 5 heteroatoms. The second-order valence-corrected chi connectivity index (χ2v) is 7.15. The van der Waals surface area contributed by atoms with Gasteiger partial charge in [0.2, 0.25) is 0 Å². The van der Waals surface area contributed by atoms with Gasteiger partial charge in [0.15, 0.2) is 5.96 Å². The lowest BCUT2D eigenvalue weighted by Gasteiger charge is -2.18. The van der Waals surface area contributed by atoms with Crippen molar-refractivity contribution in [3.05, 3.63) is 0 Å². The molecule has 2 N–H and O–H groups in total. The first-order valence-electron chi connectivity index (χ1n) is 8.65. The third-order valence-electron chi connectivity index (χ3n) is 3.71. The van der Waals surface area contributed by atoms with Crippen LogP contribution in [0.4, 0.5) is 0 Å². The Kier molecular flexibility index (Phi) is 9.48. The first-order chi connectivity index (χ1) is 10.5. The molecule has 130 valence electrons. The third-order valence-corrected chi connectivity index (χ3v) is 3.71. The summed E-state index contributed by atoms with van der Waals surface area (Å²) in [5.74, 6) is 0.882. The predicted molar refractivity (Wildman–Crippen MR) is 92.5 cm³/mol. The zero-order chi connectivity index (χ0) is 16.3. The van der Waals surface area contributed by atoms with Crippen LogP contribution < -0.4 is 10.6 Å². The summed E-state index contributed by atoms with van der Waals surface area (Å²) in [6.07, 6.45) is 6.00. The van der Waals surface area contributed by atoms with Crippen LogP contribution in [0, 0.1) is 5.41 Å². The minimum absolute atomic E-state index is 0.324. The average Bonchev–Trinajstić information content (AvgIpc) is 2.97. The van der Waals surface area contributed by atoms with E-state index in [-0.39, 0.29) is 0 Å². The molecule has 0 bridgehead atoms. The van der Waals surface area contributed by atoms with Crippen LogP contribution in [-0.4, -0.2) is 52.0 Å².